The van der Waals surface area contributed by atoms with Crippen LogP contribution in [0.4, 0.5) is 5.69 Å². The Balaban J connectivity index is 2.03. The molecule has 0 spiro atoms. The Labute approximate surface area is 192 Å². The molecule has 0 heterocycles. The Morgan fingerprint density at radius 3 is 2.10 bits per heavy atom. The summed E-state index contributed by atoms with van der Waals surface area (Å²) in [6, 6.07) is 17.0. The van der Waals surface area contributed by atoms with E-state index >= 15 is 0 Å². The second-order valence-corrected chi connectivity index (χ2v) is 8.45. The summed E-state index contributed by atoms with van der Waals surface area (Å²) in [5.41, 5.74) is 4.62. The molecule has 3 aromatic carbocycles. The number of aryl methyl sites for hydroxylation is 3. The van der Waals surface area contributed by atoms with E-state index in [1.54, 1.807) is 37.4 Å². The Hall–Kier alpha value is -2.82. The van der Waals surface area contributed by atoms with Gasteiger partial charge in [-0.1, -0.05) is 65.2 Å². The lowest BCUT2D eigenvalue weighted by atomic mass is 10.0. The number of rotatable bonds is 5. The van der Waals surface area contributed by atoms with E-state index in [2.05, 4.69) is 5.32 Å². The number of carbonyl (C=O) groups is 2. The van der Waals surface area contributed by atoms with Crippen molar-refractivity contribution in [1.82, 2.24) is 4.90 Å². The molecular formula is C25H24Cl2N2O2. The number of nitrogens with one attached hydrogen (secondary N) is 1. The fraction of sp³-hybridized carbons (Fsp3) is 0.200. The molecule has 0 saturated carbocycles. The highest BCUT2D eigenvalue weighted by Crippen LogP contribution is 2.32. The number of nitrogens with zero attached hydrogens (tertiary/aromatic N) is 1. The maximum absolute atomic E-state index is 13.5. The van der Waals surface area contributed by atoms with Crippen LogP contribution in [0.3, 0.4) is 0 Å². The minimum atomic E-state index is -0.947. The minimum Gasteiger partial charge on any atom is -0.325 e. The SMILES string of the molecule is Cc1ccc(C(=O)N(C)C(C(=O)Nc2c(C)cccc2C)c2ccc(Cl)cc2Cl)cc1. The molecule has 4 nitrogen and oxygen atoms in total. The molecular weight excluding hydrogens is 431 g/mol. The standard InChI is InChI=1S/C25H24Cl2N2O2/c1-15-8-10-18(11-9-15)25(31)29(4)23(20-13-12-19(26)14-21(20)27)24(30)28-22-16(2)6-5-7-17(22)3/h5-14,23H,1-4H3,(H,28,30). The summed E-state index contributed by atoms with van der Waals surface area (Å²) in [6.07, 6.45) is 0. The van der Waals surface area contributed by atoms with E-state index in [-0.39, 0.29) is 11.8 Å². The highest BCUT2D eigenvalue weighted by Gasteiger charge is 2.31. The van der Waals surface area contributed by atoms with E-state index in [0.29, 0.717) is 21.2 Å². The number of amides is 2. The number of carbonyl (C=O) groups excluding carboxylic acids is 2. The smallest absolute Gasteiger partial charge is 0.254 e. The molecule has 1 atom stereocenters. The average Bonchev–Trinajstić information content (AvgIpc) is 2.72. The fourth-order valence-electron chi connectivity index (χ4n) is 3.47. The van der Waals surface area contributed by atoms with Crippen molar-refractivity contribution in [2.75, 3.05) is 12.4 Å². The highest BCUT2D eigenvalue weighted by molar-refractivity contribution is 6.35. The van der Waals surface area contributed by atoms with Crippen LogP contribution in [-0.4, -0.2) is 23.8 Å². The van der Waals surface area contributed by atoms with Gasteiger partial charge < -0.3 is 10.2 Å². The van der Waals surface area contributed by atoms with Crippen molar-refractivity contribution < 1.29 is 9.59 Å². The number of likely N-dealkylation sites (N-methyl/N-ethyl adjacent to an activating group) is 1. The summed E-state index contributed by atoms with van der Waals surface area (Å²) in [6.45, 7) is 5.80. The van der Waals surface area contributed by atoms with E-state index in [9.17, 15) is 9.59 Å². The Bertz CT molecular complexity index is 1110. The van der Waals surface area contributed by atoms with Gasteiger partial charge in [0.25, 0.3) is 11.8 Å². The molecule has 6 heteroatoms. The lowest BCUT2D eigenvalue weighted by Gasteiger charge is -2.29. The number of benzene rings is 3. The number of para-hydroxylation sites is 1. The normalized spacial score (nSPS) is 11.7. The van der Waals surface area contributed by atoms with Gasteiger partial charge in [0.2, 0.25) is 0 Å². The minimum absolute atomic E-state index is 0.285. The zero-order valence-electron chi connectivity index (χ0n) is 17.9. The number of hydrogen-bond donors (Lipinski definition) is 1. The first-order valence-electron chi connectivity index (χ1n) is 9.85. The lowest BCUT2D eigenvalue weighted by Crippen LogP contribution is -2.39. The number of halogens is 2. The molecule has 0 aliphatic carbocycles. The van der Waals surface area contributed by atoms with Crippen LogP contribution in [0.1, 0.15) is 38.7 Å². The Morgan fingerprint density at radius 1 is 0.903 bits per heavy atom. The monoisotopic (exact) mass is 454 g/mol. The second-order valence-electron chi connectivity index (χ2n) is 7.61. The van der Waals surface area contributed by atoms with Crippen molar-refractivity contribution in [2.45, 2.75) is 26.8 Å². The summed E-state index contributed by atoms with van der Waals surface area (Å²) in [5, 5.41) is 3.76. The molecule has 1 unspecified atom stereocenters. The predicted octanol–water partition coefficient (Wildman–Crippen LogP) is 6.37. The lowest BCUT2D eigenvalue weighted by molar-refractivity contribution is -0.120. The molecule has 0 radical (unpaired) electrons. The maximum Gasteiger partial charge on any atom is 0.254 e. The van der Waals surface area contributed by atoms with Gasteiger partial charge in [0.1, 0.15) is 6.04 Å². The van der Waals surface area contributed by atoms with E-state index in [1.165, 1.54) is 4.90 Å². The van der Waals surface area contributed by atoms with Gasteiger partial charge in [0.15, 0.2) is 0 Å². The molecule has 2 amide bonds. The van der Waals surface area contributed by atoms with Gasteiger partial charge in [-0.2, -0.15) is 0 Å². The Morgan fingerprint density at radius 2 is 1.52 bits per heavy atom. The van der Waals surface area contributed by atoms with Gasteiger partial charge in [0, 0.05) is 33.9 Å². The van der Waals surface area contributed by atoms with Gasteiger partial charge >= 0.3 is 0 Å². The van der Waals surface area contributed by atoms with E-state index in [4.69, 9.17) is 23.2 Å². The van der Waals surface area contributed by atoms with Crippen molar-refractivity contribution >= 4 is 40.7 Å². The third kappa shape index (κ3) is 5.09. The van der Waals surface area contributed by atoms with Crippen molar-refractivity contribution in [3.8, 4) is 0 Å². The zero-order valence-corrected chi connectivity index (χ0v) is 19.4. The summed E-state index contributed by atoms with van der Waals surface area (Å²) in [5.74, 6) is -0.641. The largest absolute Gasteiger partial charge is 0.325 e. The van der Waals surface area contributed by atoms with E-state index in [1.807, 2.05) is 51.1 Å². The van der Waals surface area contributed by atoms with Crippen LogP contribution >= 0.6 is 23.2 Å². The van der Waals surface area contributed by atoms with Crippen LogP contribution in [0.25, 0.3) is 0 Å². The molecule has 0 aliphatic heterocycles. The predicted molar refractivity (Wildman–Crippen MR) is 127 cm³/mol. The quantitative estimate of drug-likeness (QED) is 0.486. The van der Waals surface area contributed by atoms with Crippen LogP contribution < -0.4 is 5.32 Å². The van der Waals surface area contributed by atoms with Crippen LogP contribution in [0, 0.1) is 20.8 Å². The summed E-state index contributed by atoms with van der Waals surface area (Å²) in [7, 11) is 1.60. The third-order valence-electron chi connectivity index (χ3n) is 5.24. The Kier molecular flexibility index (Phi) is 7.04. The molecule has 160 valence electrons. The van der Waals surface area contributed by atoms with Gasteiger partial charge in [-0.3, -0.25) is 9.59 Å². The van der Waals surface area contributed by atoms with Gasteiger partial charge in [-0.05, 0) is 56.2 Å². The fourth-order valence-corrected chi connectivity index (χ4v) is 3.98. The van der Waals surface area contributed by atoms with E-state index in [0.717, 1.165) is 22.4 Å². The number of hydrogen-bond acceptors (Lipinski definition) is 2. The molecule has 31 heavy (non-hydrogen) atoms. The first-order valence-corrected chi connectivity index (χ1v) is 10.6. The molecule has 0 fully saturated rings. The first-order chi connectivity index (χ1) is 14.7. The molecule has 0 aromatic heterocycles. The van der Waals surface area contributed by atoms with Gasteiger partial charge in [-0.15, -0.1) is 0 Å². The van der Waals surface area contributed by atoms with Crippen LogP contribution in [0.15, 0.2) is 60.7 Å². The molecule has 1 N–H and O–H groups in total. The number of anilines is 1. The summed E-state index contributed by atoms with van der Waals surface area (Å²) < 4.78 is 0. The highest BCUT2D eigenvalue weighted by atomic mass is 35.5. The summed E-state index contributed by atoms with van der Waals surface area (Å²) >= 11 is 12.5. The van der Waals surface area contributed by atoms with Crippen molar-refractivity contribution in [3.63, 3.8) is 0 Å². The molecule has 0 bridgehead atoms. The van der Waals surface area contributed by atoms with Crippen molar-refractivity contribution in [3.05, 3.63) is 98.5 Å². The topological polar surface area (TPSA) is 49.4 Å². The maximum atomic E-state index is 13.5. The first kappa shape index (κ1) is 22.9. The van der Waals surface area contributed by atoms with Gasteiger partial charge in [-0.25, -0.2) is 0 Å². The van der Waals surface area contributed by atoms with Gasteiger partial charge in [0.05, 0.1) is 0 Å². The van der Waals surface area contributed by atoms with E-state index < -0.39 is 6.04 Å². The third-order valence-corrected chi connectivity index (χ3v) is 5.80. The van der Waals surface area contributed by atoms with Crippen molar-refractivity contribution in [1.29, 1.82) is 0 Å². The zero-order chi connectivity index (χ0) is 22.7. The summed E-state index contributed by atoms with van der Waals surface area (Å²) in [4.78, 5) is 28.1. The molecule has 0 saturated heterocycles. The average molecular weight is 455 g/mol. The molecule has 3 rings (SSSR count). The van der Waals surface area contributed by atoms with Crippen LogP contribution in [0.2, 0.25) is 10.0 Å². The molecule has 3 aromatic rings. The van der Waals surface area contributed by atoms with Crippen LogP contribution in [-0.2, 0) is 4.79 Å². The second kappa shape index (κ2) is 9.54. The van der Waals surface area contributed by atoms with Crippen LogP contribution in [0.5, 0.6) is 0 Å². The molecule has 0 aliphatic rings. The van der Waals surface area contributed by atoms with Crippen molar-refractivity contribution in [2.24, 2.45) is 0 Å².